The Labute approximate surface area is 169 Å². The Morgan fingerprint density at radius 1 is 1.10 bits per heavy atom. The molecule has 1 aliphatic carbocycles. The van der Waals surface area contributed by atoms with Crippen LogP contribution in [0.25, 0.3) is 22.4 Å². The average molecular weight is 392 g/mol. The third kappa shape index (κ3) is 4.01. The van der Waals surface area contributed by atoms with Crippen molar-refractivity contribution in [3.8, 4) is 17.1 Å². The van der Waals surface area contributed by atoms with Gasteiger partial charge >= 0.3 is 5.97 Å². The smallest absolute Gasteiger partial charge is 0.341 e. The Hall–Kier alpha value is -3.15. The summed E-state index contributed by atoms with van der Waals surface area (Å²) in [6.45, 7) is 1.20. The summed E-state index contributed by atoms with van der Waals surface area (Å²) in [6, 6.07) is 13.5. The van der Waals surface area contributed by atoms with Crippen molar-refractivity contribution >= 4 is 22.8 Å². The highest BCUT2D eigenvalue weighted by atomic mass is 16.5. The van der Waals surface area contributed by atoms with E-state index in [1.54, 1.807) is 19.1 Å². The first-order chi connectivity index (χ1) is 14.0. The van der Waals surface area contributed by atoms with Gasteiger partial charge in [0.15, 0.2) is 12.4 Å². The lowest BCUT2D eigenvalue weighted by atomic mass is 9.94. The Kier molecular flexibility index (Phi) is 5.34. The summed E-state index contributed by atoms with van der Waals surface area (Å²) in [5.41, 5.74) is 3.47. The molecular formula is C23H24N2O4. The van der Waals surface area contributed by atoms with Gasteiger partial charge in [0.25, 0.3) is 0 Å². The topological polar surface area (TPSA) is 81.4 Å². The maximum Gasteiger partial charge on any atom is 0.341 e. The molecule has 1 aliphatic rings. The molecule has 0 aliphatic heterocycles. The molecule has 0 radical (unpaired) electrons. The second-order valence-corrected chi connectivity index (χ2v) is 7.56. The van der Waals surface area contributed by atoms with E-state index in [1.807, 2.05) is 30.3 Å². The van der Waals surface area contributed by atoms with Gasteiger partial charge in [-0.15, -0.1) is 0 Å². The third-order valence-electron chi connectivity index (χ3n) is 5.51. The van der Waals surface area contributed by atoms with Gasteiger partial charge in [0, 0.05) is 17.2 Å². The lowest BCUT2D eigenvalue weighted by Crippen LogP contribution is -2.14. The van der Waals surface area contributed by atoms with Gasteiger partial charge in [0.05, 0.1) is 11.0 Å². The first-order valence-electron chi connectivity index (χ1n) is 10.0. The van der Waals surface area contributed by atoms with Gasteiger partial charge in [-0.2, -0.15) is 0 Å². The van der Waals surface area contributed by atoms with Gasteiger partial charge in [0.1, 0.15) is 11.6 Å². The molecule has 0 amide bonds. The number of ketones is 1. The number of fused-ring (bicyclic) bond motifs is 1. The first kappa shape index (κ1) is 19.2. The van der Waals surface area contributed by atoms with Crippen LogP contribution in [0.4, 0.5) is 0 Å². The van der Waals surface area contributed by atoms with Crippen molar-refractivity contribution in [3.05, 3.63) is 48.0 Å². The molecule has 0 atom stereocenters. The van der Waals surface area contributed by atoms with Crippen LogP contribution in [0.5, 0.6) is 5.75 Å². The number of imidazole rings is 1. The van der Waals surface area contributed by atoms with Crippen LogP contribution < -0.4 is 4.74 Å². The second kappa shape index (κ2) is 8.07. The Balaban J connectivity index is 1.77. The average Bonchev–Trinajstić information content (AvgIpc) is 3.12. The van der Waals surface area contributed by atoms with Gasteiger partial charge in [0.2, 0.25) is 0 Å². The molecule has 1 N–H and O–H groups in total. The molecule has 3 aromatic rings. The highest BCUT2D eigenvalue weighted by Gasteiger charge is 2.22. The van der Waals surface area contributed by atoms with E-state index in [0.29, 0.717) is 17.4 Å². The summed E-state index contributed by atoms with van der Waals surface area (Å²) in [5.74, 6) is 0.405. The summed E-state index contributed by atoms with van der Waals surface area (Å²) >= 11 is 0. The highest BCUT2D eigenvalue weighted by molar-refractivity contribution is 5.97. The molecule has 0 unspecified atom stereocenters. The van der Waals surface area contributed by atoms with E-state index < -0.39 is 5.97 Å². The molecule has 150 valence electrons. The number of nitrogens with zero attached hydrogens (tertiary/aromatic N) is 2. The summed E-state index contributed by atoms with van der Waals surface area (Å²) in [4.78, 5) is 27.4. The zero-order chi connectivity index (χ0) is 20.4. The van der Waals surface area contributed by atoms with Crippen molar-refractivity contribution in [2.75, 3.05) is 6.61 Å². The van der Waals surface area contributed by atoms with E-state index in [-0.39, 0.29) is 12.4 Å². The van der Waals surface area contributed by atoms with Crippen LogP contribution in [-0.4, -0.2) is 33.0 Å². The molecule has 6 heteroatoms. The third-order valence-corrected chi connectivity index (χ3v) is 5.51. The van der Waals surface area contributed by atoms with Gasteiger partial charge in [-0.05, 0) is 62.2 Å². The monoisotopic (exact) mass is 392 g/mol. The van der Waals surface area contributed by atoms with E-state index >= 15 is 0 Å². The molecule has 1 aromatic heterocycles. The van der Waals surface area contributed by atoms with E-state index in [0.717, 1.165) is 35.3 Å². The fraction of sp³-hybridized carbons (Fsp3) is 0.348. The Bertz CT molecular complexity index is 1050. The normalized spacial score (nSPS) is 14.8. The van der Waals surface area contributed by atoms with Crippen molar-refractivity contribution in [2.24, 2.45) is 0 Å². The van der Waals surface area contributed by atoms with Crippen LogP contribution in [0, 0.1) is 0 Å². The highest BCUT2D eigenvalue weighted by Crippen LogP contribution is 2.36. The summed E-state index contributed by atoms with van der Waals surface area (Å²) in [7, 11) is 0. The largest absolute Gasteiger partial charge is 0.482 e. The number of benzene rings is 2. The SMILES string of the molecule is CC(=O)c1ccc2c(c1)nc(-c1ccc(OCC(=O)O)cc1)n2C1CCCCC1. The summed E-state index contributed by atoms with van der Waals surface area (Å²) in [6.07, 6.45) is 5.91. The van der Waals surface area contributed by atoms with Crippen molar-refractivity contribution in [1.82, 2.24) is 9.55 Å². The lowest BCUT2D eigenvalue weighted by Gasteiger charge is -2.25. The molecule has 2 aromatic carbocycles. The molecular weight excluding hydrogens is 368 g/mol. The van der Waals surface area contributed by atoms with Crippen LogP contribution in [-0.2, 0) is 4.79 Å². The number of ether oxygens (including phenoxy) is 1. The number of carboxylic acid groups (broad SMARTS) is 1. The number of carbonyl (C=O) groups is 2. The van der Waals surface area contributed by atoms with Gasteiger partial charge in [-0.25, -0.2) is 9.78 Å². The quantitative estimate of drug-likeness (QED) is 0.605. The first-order valence-corrected chi connectivity index (χ1v) is 10.0. The minimum atomic E-state index is -1.01. The van der Waals surface area contributed by atoms with Crippen LogP contribution in [0.1, 0.15) is 55.4 Å². The number of carbonyl (C=O) groups excluding carboxylic acids is 1. The molecule has 0 bridgehead atoms. The second-order valence-electron chi connectivity index (χ2n) is 7.56. The molecule has 1 saturated carbocycles. The maximum absolute atomic E-state index is 11.8. The van der Waals surface area contributed by atoms with Crippen LogP contribution in [0.3, 0.4) is 0 Å². The number of hydrogen-bond acceptors (Lipinski definition) is 4. The number of Topliss-reactive ketones (excluding diaryl/α,β-unsaturated/α-hetero) is 1. The number of aliphatic carboxylic acids is 1. The zero-order valence-electron chi connectivity index (χ0n) is 16.4. The maximum atomic E-state index is 11.8. The Morgan fingerprint density at radius 3 is 2.48 bits per heavy atom. The molecule has 0 saturated heterocycles. The van der Waals surface area contributed by atoms with E-state index in [9.17, 15) is 9.59 Å². The minimum Gasteiger partial charge on any atom is -0.482 e. The van der Waals surface area contributed by atoms with Crippen LogP contribution in [0.15, 0.2) is 42.5 Å². The molecule has 4 rings (SSSR count). The van der Waals surface area contributed by atoms with Crippen LogP contribution >= 0.6 is 0 Å². The summed E-state index contributed by atoms with van der Waals surface area (Å²) < 4.78 is 7.55. The molecule has 1 heterocycles. The number of aromatic nitrogens is 2. The molecule has 6 nitrogen and oxygen atoms in total. The fourth-order valence-corrected chi connectivity index (χ4v) is 4.08. The van der Waals surface area contributed by atoms with Crippen molar-refractivity contribution in [3.63, 3.8) is 0 Å². The van der Waals surface area contributed by atoms with Gasteiger partial charge in [-0.3, -0.25) is 4.79 Å². The van der Waals surface area contributed by atoms with E-state index in [1.165, 1.54) is 19.3 Å². The number of carboxylic acids is 1. The van der Waals surface area contributed by atoms with Crippen LogP contribution in [0.2, 0.25) is 0 Å². The van der Waals surface area contributed by atoms with Crippen molar-refractivity contribution < 1.29 is 19.4 Å². The van der Waals surface area contributed by atoms with E-state index in [2.05, 4.69) is 4.57 Å². The lowest BCUT2D eigenvalue weighted by molar-refractivity contribution is -0.139. The standard InChI is InChI=1S/C23H24N2O4/c1-15(26)17-9-12-21-20(13-17)24-23(25(21)18-5-3-2-4-6-18)16-7-10-19(11-8-16)29-14-22(27)28/h7-13,18H,2-6,14H2,1H3,(H,27,28). The molecule has 1 fully saturated rings. The predicted octanol–water partition coefficient (Wildman–Crippen LogP) is 4.87. The fourth-order valence-electron chi connectivity index (χ4n) is 4.08. The zero-order valence-corrected chi connectivity index (χ0v) is 16.4. The molecule has 29 heavy (non-hydrogen) atoms. The van der Waals surface area contributed by atoms with Crippen molar-refractivity contribution in [2.45, 2.75) is 45.1 Å². The van der Waals surface area contributed by atoms with Gasteiger partial charge < -0.3 is 14.4 Å². The number of hydrogen-bond donors (Lipinski definition) is 1. The molecule has 0 spiro atoms. The Morgan fingerprint density at radius 2 is 1.83 bits per heavy atom. The van der Waals surface area contributed by atoms with Crippen molar-refractivity contribution in [1.29, 1.82) is 0 Å². The van der Waals surface area contributed by atoms with E-state index in [4.69, 9.17) is 14.8 Å². The summed E-state index contributed by atoms with van der Waals surface area (Å²) in [5, 5.41) is 8.77. The predicted molar refractivity (Wildman–Crippen MR) is 110 cm³/mol. The minimum absolute atomic E-state index is 0.0283. The van der Waals surface area contributed by atoms with Gasteiger partial charge in [-0.1, -0.05) is 19.3 Å². The number of rotatable bonds is 6.